The Morgan fingerprint density at radius 2 is 1.34 bits per heavy atom. The van der Waals surface area contributed by atoms with E-state index in [-0.39, 0.29) is 7.92 Å². The lowest BCUT2D eigenvalue weighted by Gasteiger charge is -2.32. The van der Waals surface area contributed by atoms with Crippen molar-refractivity contribution < 1.29 is 0 Å². The van der Waals surface area contributed by atoms with E-state index in [1.165, 1.54) is 34.2 Å². The number of aryl methyl sites for hydroxylation is 1. The second kappa shape index (κ2) is 7.88. The van der Waals surface area contributed by atoms with Crippen LogP contribution >= 0.6 is 7.92 Å². The number of hydrogen-bond donors (Lipinski definition) is 0. The summed E-state index contributed by atoms with van der Waals surface area (Å²) >= 11 is 0. The Morgan fingerprint density at radius 1 is 0.724 bits per heavy atom. The zero-order chi connectivity index (χ0) is 20.9. The number of benzene rings is 3. The molecule has 0 bridgehead atoms. The van der Waals surface area contributed by atoms with E-state index in [4.69, 9.17) is 0 Å². The third-order valence-electron chi connectivity index (χ3n) is 6.43. The molecular weight excluding hydrogens is 367 g/mol. The van der Waals surface area contributed by atoms with Crippen molar-refractivity contribution in [2.45, 2.75) is 78.5 Å². The summed E-state index contributed by atoms with van der Waals surface area (Å²) in [5.74, 6) is 1.71. The first-order valence-corrected chi connectivity index (χ1v) is 12.9. The van der Waals surface area contributed by atoms with Gasteiger partial charge < -0.3 is 0 Å². The molecule has 152 valence electrons. The Labute approximate surface area is 178 Å². The zero-order valence-electron chi connectivity index (χ0n) is 19.1. The predicted octanol–water partition coefficient (Wildman–Crippen LogP) is 8.34. The first-order chi connectivity index (χ1) is 13.8. The van der Waals surface area contributed by atoms with Gasteiger partial charge in [0, 0.05) is 0 Å². The average molecular weight is 403 g/mol. The monoisotopic (exact) mass is 402 g/mol. The minimum Gasteiger partial charge on any atom is -0.0657 e. The van der Waals surface area contributed by atoms with Gasteiger partial charge in [-0.2, -0.15) is 0 Å². The van der Waals surface area contributed by atoms with Gasteiger partial charge in [0.25, 0.3) is 0 Å². The van der Waals surface area contributed by atoms with Gasteiger partial charge in [0.2, 0.25) is 0 Å². The lowest BCUT2D eigenvalue weighted by atomic mass is 9.89. The minimum atomic E-state index is -0.230. The van der Waals surface area contributed by atoms with Crippen LogP contribution in [0.5, 0.6) is 0 Å². The molecule has 0 N–H and O–H groups in total. The number of hydrogen-bond acceptors (Lipinski definition) is 0. The van der Waals surface area contributed by atoms with Crippen LogP contribution in [0, 0.1) is 6.92 Å². The van der Waals surface area contributed by atoms with Gasteiger partial charge in [0.15, 0.2) is 0 Å². The van der Waals surface area contributed by atoms with Crippen LogP contribution in [0.2, 0.25) is 0 Å². The molecule has 0 radical (unpaired) electrons. The second-order valence-corrected chi connectivity index (χ2v) is 12.0. The van der Waals surface area contributed by atoms with E-state index in [9.17, 15) is 0 Å². The summed E-state index contributed by atoms with van der Waals surface area (Å²) in [6.07, 6.45) is 2.45. The fraction of sp³-hybridized carbons (Fsp3) is 0.429. The Bertz CT molecular complexity index is 1030. The van der Waals surface area contributed by atoms with Crippen LogP contribution in [-0.4, -0.2) is 0 Å². The van der Waals surface area contributed by atoms with Gasteiger partial charge in [0.1, 0.15) is 0 Å². The van der Waals surface area contributed by atoms with Crippen LogP contribution in [-0.2, 0) is 12.3 Å². The summed E-state index contributed by atoms with van der Waals surface area (Å²) in [4.78, 5) is 0. The molecule has 1 aliphatic heterocycles. The van der Waals surface area contributed by atoms with Gasteiger partial charge in [-0.3, -0.25) is 0 Å². The molecule has 0 amide bonds. The molecule has 3 aromatic rings. The van der Waals surface area contributed by atoms with Gasteiger partial charge in [-0.05, 0) is 80.9 Å². The summed E-state index contributed by atoms with van der Waals surface area (Å²) in [6, 6.07) is 16.8. The van der Waals surface area contributed by atoms with E-state index >= 15 is 0 Å². The Balaban J connectivity index is 1.91. The molecular formula is C28H35P. The third-order valence-corrected chi connectivity index (χ3v) is 9.02. The normalized spacial score (nSPS) is 16.4. The fourth-order valence-corrected chi connectivity index (χ4v) is 8.07. The molecule has 0 aromatic heterocycles. The zero-order valence-corrected chi connectivity index (χ0v) is 20.0. The summed E-state index contributed by atoms with van der Waals surface area (Å²) in [5.41, 5.74) is 9.25. The summed E-state index contributed by atoms with van der Waals surface area (Å²) in [5, 5.41) is 4.67. The Hall–Kier alpha value is -1.65. The molecule has 0 aliphatic carbocycles. The molecule has 1 heteroatoms. The lowest BCUT2D eigenvalue weighted by Crippen LogP contribution is -2.21. The second-order valence-electron chi connectivity index (χ2n) is 9.81. The van der Waals surface area contributed by atoms with Crippen LogP contribution in [0.1, 0.15) is 92.7 Å². The first kappa shape index (κ1) is 20.6. The SMILES string of the molecule is Cc1cc2c3c(cccc3c1)CP(c1c(C(C)C)cc(C(C)C)cc1C(C)C)C2. The van der Waals surface area contributed by atoms with E-state index in [2.05, 4.69) is 90.9 Å². The highest BCUT2D eigenvalue weighted by atomic mass is 31.1. The quantitative estimate of drug-likeness (QED) is 0.385. The van der Waals surface area contributed by atoms with Crippen molar-refractivity contribution in [3.63, 3.8) is 0 Å². The smallest absolute Gasteiger partial charge is 0.00232 e. The van der Waals surface area contributed by atoms with Crippen LogP contribution in [0.25, 0.3) is 10.8 Å². The first-order valence-electron chi connectivity index (χ1n) is 11.2. The highest BCUT2D eigenvalue weighted by molar-refractivity contribution is 7.64. The van der Waals surface area contributed by atoms with Crippen LogP contribution in [0.4, 0.5) is 0 Å². The maximum atomic E-state index is 2.53. The van der Waals surface area contributed by atoms with Gasteiger partial charge in [-0.25, -0.2) is 0 Å². The Morgan fingerprint density at radius 3 is 1.93 bits per heavy atom. The topological polar surface area (TPSA) is 0 Å². The van der Waals surface area contributed by atoms with Crippen LogP contribution in [0.15, 0.2) is 42.5 Å². The molecule has 0 nitrogen and oxygen atoms in total. The van der Waals surface area contributed by atoms with Gasteiger partial charge in [0.05, 0.1) is 0 Å². The fourth-order valence-electron chi connectivity index (χ4n) is 4.93. The van der Waals surface area contributed by atoms with E-state index in [1.54, 1.807) is 27.6 Å². The molecule has 0 spiro atoms. The molecule has 0 fully saturated rings. The number of rotatable bonds is 4. The van der Waals surface area contributed by atoms with Crippen LogP contribution in [0.3, 0.4) is 0 Å². The van der Waals surface area contributed by atoms with Crippen molar-refractivity contribution in [3.8, 4) is 0 Å². The molecule has 0 saturated carbocycles. The van der Waals surface area contributed by atoms with Crippen molar-refractivity contribution in [3.05, 3.63) is 75.8 Å². The molecule has 4 rings (SSSR count). The molecule has 3 aromatic carbocycles. The highest BCUT2D eigenvalue weighted by Gasteiger charge is 2.28. The molecule has 1 aliphatic rings. The van der Waals surface area contributed by atoms with Gasteiger partial charge in [-0.15, -0.1) is 0 Å². The predicted molar refractivity (Wildman–Crippen MR) is 131 cm³/mol. The standard InChI is InChI=1S/C28H35P/c1-17(2)23-13-25(18(3)4)28(26(14-23)19(5)6)29-15-22-10-8-9-21-11-20(7)12-24(16-29)27(21)22/h8-14,17-19H,15-16H2,1-7H3. The maximum Gasteiger partial charge on any atom is -0.00232 e. The summed E-state index contributed by atoms with van der Waals surface area (Å²) in [7, 11) is -0.230. The maximum absolute atomic E-state index is 2.53. The van der Waals surface area contributed by atoms with Crippen molar-refractivity contribution in [1.82, 2.24) is 0 Å². The molecule has 1 unspecified atom stereocenters. The van der Waals surface area contributed by atoms with Crippen molar-refractivity contribution in [2.75, 3.05) is 0 Å². The van der Waals surface area contributed by atoms with Crippen molar-refractivity contribution >= 4 is 24.0 Å². The average Bonchev–Trinajstić information content (AvgIpc) is 2.66. The molecule has 29 heavy (non-hydrogen) atoms. The highest BCUT2D eigenvalue weighted by Crippen LogP contribution is 2.52. The van der Waals surface area contributed by atoms with Gasteiger partial charge >= 0.3 is 0 Å². The van der Waals surface area contributed by atoms with Crippen molar-refractivity contribution in [1.29, 1.82) is 0 Å². The Kier molecular flexibility index (Phi) is 5.60. The van der Waals surface area contributed by atoms with E-state index in [0.29, 0.717) is 17.8 Å². The van der Waals surface area contributed by atoms with Gasteiger partial charge in [-0.1, -0.05) is 97.5 Å². The van der Waals surface area contributed by atoms with E-state index < -0.39 is 0 Å². The van der Waals surface area contributed by atoms with E-state index in [0.717, 1.165) is 0 Å². The van der Waals surface area contributed by atoms with Crippen molar-refractivity contribution in [2.24, 2.45) is 0 Å². The largest absolute Gasteiger partial charge is 0.0657 e. The molecule has 1 heterocycles. The molecule has 1 atom stereocenters. The molecule has 0 saturated heterocycles. The summed E-state index contributed by atoms with van der Waals surface area (Å²) in [6.45, 7) is 16.4. The lowest BCUT2D eigenvalue weighted by molar-refractivity contribution is 0.813. The summed E-state index contributed by atoms with van der Waals surface area (Å²) < 4.78 is 0. The van der Waals surface area contributed by atoms with E-state index in [1.807, 2.05) is 0 Å². The minimum absolute atomic E-state index is 0.230. The third kappa shape index (κ3) is 3.77. The van der Waals surface area contributed by atoms with Crippen LogP contribution < -0.4 is 5.30 Å².